The quantitative estimate of drug-likeness (QED) is 0.710. The minimum Gasteiger partial charge on any atom is -0.493 e. The molecule has 0 aromatic heterocycles. The minimum absolute atomic E-state index is 0.153. The van der Waals surface area contributed by atoms with Crippen LogP contribution in [0.4, 0.5) is 0 Å². The van der Waals surface area contributed by atoms with E-state index in [4.69, 9.17) is 9.47 Å². The Bertz CT molecular complexity index is 861. The molecule has 0 fully saturated rings. The fraction of sp³-hybridized carbons (Fsp3) is 0.200. The first-order valence-corrected chi connectivity index (χ1v) is 8.87. The molecule has 2 aromatic rings. The van der Waals surface area contributed by atoms with Crippen LogP contribution in [0.3, 0.4) is 0 Å². The topological polar surface area (TPSA) is 67.9 Å². The molecule has 2 rings (SSSR count). The molecule has 0 spiro atoms. The van der Waals surface area contributed by atoms with Crippen LogP contribution in [0.25, 0.3) is 6.08 Å². The molecule has 27 heavy (non-hydrogen) atoms. The first kappa shape index (κ1) is 20.5. The van der Waals surface area contributed by atoms with E-state index in [-0.39, 0.29) is 17.5 Å². The van der Waals surface area contributed by atoms with E-state index in [9.17, 15) is 9.59 Å². The molecule has 0 saturated carbocycles. The predicted octanol–water partition coefficient (Wildman–Crippen LogP) is 3.33. The second-order valence-electron chi connectivity index (χ2n) is 5.83. The molecule has 0 aliphatic carbocycles. The van der Waals surface area contributed by atoms with Crippen molar-refractivity contribution in [1.29, 1.82) is 0 Å². The van der Waals surface area contributed by atoms with E-state index < -0.39 is 0 Å². The van der Waals surface area contributed by atoms with Gasteiger partial charge in [0, 0.05) is 24.1 Å². The number of methoxy groups -OCH3 is 2. The number of hydrogen-bond acceptors (Lipinski definition) is 4. The fourth-order valence-corrected chi connectivity index (χ4v) is 2.56. The zero-order chi connectivity index (χ0) is 20.0. The molecule has 2 amide bonds. The third-order valence-electron chi connectivity index (χ3n) is 3.71. The predicted molar refractivity (Wildman–Crippen MR) is 108 cm³/mol. The van der Waals surface area contributed by atoms with Crippen LogP contribution in [0.15, 0.2) is 52.6 Å². The van der Waals surface area contributed by atoms with Gasteiger partial charge in [0.25, 0.3) is 11.8 Å². The molecule has 142 valence electrons. The number of amides is 2. The van der Waals surface area contributed by atoms with E-state index in [0.717, 1.165) is 4.47 Å². The Labute approximate surface area is 166 Å². The molecule has 0 radical (unpaired) electrons. The highest BCUT2D eigenvalue weighted by molar-refractivity contribution is 9.10. The number of hydrogen-bond donors (Lipinski definition) is 1. The van der Waals surface area contributed by atoms with Crippen LogP contribution in [-0.4, -0.2) is 45.0 Å². The van der Waals surface area contributed by atoms with Crippen LogP contribution >= 0.6 is 15.9 Å². The van der Waals surface area contributed by atoms with E-state index in [0.29, 0.717) is 22.6 Å². The number of nitrogens with zero attached hydrogens (tertiary/aromatic N) is 1. The third-order valence-corrected chi connectivity index (χ3v) is 4.24. The van der Waals surface area contributed by atoms with Gasteiger partial charge in [-0.2, -0.15) is 0 Å². The SMILES string of the molecule is COc1ccc(/C=C(\NC(=O)c2ccc(Br)cc2)C(=O)N(C)C)cc1OC. The van der Waals surface area contributed by atoms with E-state index in [1.165, 1.54) is 12.0 Å². The normalized spacial score (nSPS) is 10.9. The van der Waals surface area contributed by atoms with Crippen LogP contribution in [-0.2, 0) is 4.79 Å². The molecule has 7 heteroatoms. The van der Waals surface area contributed by atoms with Crippen molar-refractivity contribution in [1.82, 2.24) is 10.2 Å². The van der Waals surface area contributed by atoms with Crippen LogP contribution in [0.2, 0.25) is 0 Å². The van der Waals surface area contributed by atoms with Gasteiger partial charge in [-0.05, 0) is 48.0 Å². The van der Waals surface area contributed by atoms with Gasteiger partial charge >= 0.3 is 0 Å². The van der Waals surface area contributed by atoms with E-state index in [2.05, 4.69) is 21.2 Å². The smallest absolute Gasteiger partial charge is 0.269 e. The van der Waals surface area contributed by atoms with E-state index >= 15 is 0 Å². The maximum absolute atomic E-state index is 12.5. The molecule has 0 bridgehead atoms. The molecule has 0 aliphatic rings. The van der Waals surface area contributed by atoms with Gasteiger partial charge in [0.05, 0.1) is 14.2 Å². The number of nitrogens with one attached hydrogen (secondary N) is 1. The number of carbonyl (C=O) groups excluding carboxylic acids is 2. The van der Waals surface area contributed by atoms with Crippen molar-refractivity contribution < 1.29 is 19.1 Å². The molecule has 0 saturated heterocycles. The van der Waals surface area contributed by atoms with Crippen LogP contribution in [0.5, 0.6) is 11.5 Å². The molecular formula is C20H21BrN2O4. The van der Waals surface area contributed by atoms with Crippen molar-refractivity contribution in [2.24, 2.45) is 0 Å². The molecular weight excluding hydrogens is 412 g/mol. The maximum atomic E-state index is 12.5. The Balaban J connectivity index is 2.36. The van der Waals surface area contributed by atoms with Crippen LogP contribution in [0.1, 0.15) is 15.9 Å². The summed E-state index contributed by atoms with van der Waals surface area (Å²) in [5, 5.41) is 2.69. The number of likely N-dealkylation sites (N-methyl/N-ethyl adjacent to an activating group) is 1. The lowest BCUT2D eigenvalue weighted by molar-refractivity contribution is -0.124. The van der Waals surface area contributed by atoms with E-state index in [1.54, 1.807) is 69.7 Å². The van der Waals surface area contributed by atoms with Gasteiger partial charge in [0.2, 0.25) is 0 Å². The standard InChI is InChI=1S/C20H21BrN2O4/c1-23(2)20(25)16(22-19(24)14-6-8-15(21)9-7-14)11-13-5-10-17(26-3)18(12-13)27-4/h5-12H,1-4H3,(H,22,24)/b16-11-. The monoisotopic (exact) mass is 432 g/mol. The lowest BCUT2D eigenvalue weighted by Crippen LogP contribution is -2.34. The van der Waals surface area contributed by atoms with Crippen LogP contribution < -0.4 is 14.8 Å². The van der Waals surface area contributed by atoms with Gasteiger partial charge < -0.3 is 19.7 Å². The number of benzene rings is 2. The first-order valence-electron chi connectivity index (χ1n) is 8.08. The van der Waals surface area contributed by atoms with Crippen molar-refractivity contribution in [3.8, 4) is 11.5 Å². The maximum Gasteiger partial charge on any atom is 0.269 e. The summed E-state index contributed by atoms with van der Waals surface area (Å²) < 4.78 is 11.4. The highest BCUT2D eigenvalue weighted by Gasteiger charge is 2.16. The lowest BCUT2D eigenvalue weighted by atomic mass is 10.1. The Hall–Kier alpha value is -2.80. The van der Waals surface area contributed by atoms with Gasteiger partial charge in [-0.15, -0.1) is 0 Å². The summed E-state index contributed by atoms with van der Waals surface area (Å²) in [6, 6.07) is 12.1. The molecule has 0 atom stereocenters. The van der Waals surface area contributed by atoms with Gasteiger partial charge in [-0.1, -0.05) is 22.0 Å². The Kier molecular flexibility index (Phi) is 7.01. The summed E-state index contributed by atoms with van der Waals surface area (Å²) in [7, 11) is 6.33. The number of rotatable bonds is 6. The molecule has 0 unspecified atom stereocenters. The van der Waals surface area contributed by atoms with Crippen molar-refractivity contribution in [2.45, 2.75) is 0 Å². The summed E-state index contributed by atoms with van der Waals surface area (Å²) in [5.41, 5.74) is 1.29. The highest BCUT2D eigenvalue weighted by Crippen LogP contribution is 2.28. The average molecular weight is 433 g/mol. The largest absolute Gasteiger partial charge is 0.493 e. The second-order valence-corrected chi connectivity index (χ2v) is 6.75. The number of carbonyl (C=O) groups is 2. The van der Waals surface area contributed by atoms with Crippen LogP contribution in [0, 0.1) is 0 Å². The number of ether oxygens (including phenoxy) is 2. The second kappa shape index (κ2) is 9.23. The molecule has 0 aliphatic heterocycles. The third kappa shape index (κ3) is 5.34. The molecule has 2 aromatic carbocycles. The molecule has 0 heterocycles. The Morgan fingerprint density at radius 3 is 2.19 bits per heavy atom. The highest BCUT2D eigenvalue weighted by atomic mass is 79.9. The van der Waals surface area contributed by atoms with Gasteiger partial charge in [-0.3, -0.25) is 9.59 Å². The average Bonchev–Trinajstić information content (AvgIpc) is 2.67. The van der Waals surface area contributed by atoms with Gasteiger partial charge in [0.15, 0.2) is 11.5 Å². The fourth-order valence-electron chi connectivity index (χ4n) is 2.30. The Morgan fingerprint density at radius 2 is 1.63 bits per heavy atom. The Morgan fingerprint density at radius 1 is 1.00 bits per heavy atom. The van der Waals surface area contributed by atoms with E-state index in [1.807, 2.05) is 0 Å². The summed E-state index contributed by atoms with van der Waals surface area (Å²) in [6.07, 6.45) is 1.60. The summed E-state index contributed by atoms with van der Waals surface area (Å²) in [5.74, 6) is 0.413. The minimum atomic E-state index is -0.371. The number of halogens is 1. The summed E-state index contributed by atoms with van der Waals surface area (Å²) in [4.78, 5) is 26.4. The molecule has 1 N–H and O–H groups in total. The van der Waals surface area contributed by atoms with Gasteiger partial charge in [0.1, 0.15) is 5.70 Å². The zero-order valence-corrected chi connectivity index (χ0v) is 17.2. The summed E-state index contributed by atoms with van der Waals surface area (Å²) >= 11 is 3.33. The van der Waals surface area contributed by atoms with Crippen molar-refractivity contribution in [3.63, 3.8) is 0 Å². The lowest BCUT2D eigenvalue weighted by Gasteiger charge is -2.15. The first-order chi connectivity index (χ1) is 12.8. The van der Waals surface area contributed by atoms with Gasteiger partial charge in [-0.25, -0.2) is 0 Å². The summed E-state index contributed by atoms with van der Waals surface area (Å²) in [6.45, 7) is 0. The van der Waals surface area contributed by atoms with Crippen molar-refractivity contribution in [3.05, 3.63) is 63.8 Å². The van der Waals surface area contributed by atoms with Crippen molar-refractivity contribution >= 4 is 33.8 Å². The van der Waals surface area contributed by atoms with Crippen molar-refractivity contribution in [2.75, 3.05) is 28.3 Å². The zero-order valence-electron chi connectivity index (χ0n) is 15.6. The molecule has 6 nitrogen and oxygen atoms in total.